The predicted octanol–water partition coefficient (Wildman–Crippen LogP) is 5.00. The molecule has 1 aromatic carbocycles. The zero-order valence-corrected chi connectivity index (χ0v) is 14.1. The summed E-state index contributed by atoms with van der Waals surface area (Å²) in [7, 11) is 0. The Hall–Kier alpha value is -3.01. The van der Waals surface area contributed by atoms with E-state index in [1.807, 2.05) is 18.2 Å². The number of nitrogens with zero attached hydrogens (tertiary/aromatic N) is 1. The molecule has 1 aromatic heterocycles. The molecule has 1 heterocycles. The van der Waals surface area contributed by atoms with Gasteiger partial charge in [-0.15, -0.1) is 0 Å². The van der Waals surface area contributed by atoms with Crippen LogP contribution in [0.25, 0.3) is 5.70 Å². The average molecular weight is 318 g/mol. The fourth-order valence-corrected chi connectivity index (χ4v) is 2.76. The van der Waals surface area contributed by atoms with Crippen molar-refractivity contribution < 1.29 is 0 Å². The minimum Gasteiger partial charge on any atom is -0.354 e. The fourth-order valence-electron chi connectivity index (χ4n) is 2.76. The van der Waals surface area contributed by atoms with Crippen molar-refractivity contribution in [1.29, 1.82) is 0 Å². The Bertz CT molecular complexity index is 852. The first kappa shape index (κ1) is 15.9. The Morgan fingerprint density at radius 3 is 2.54 bits per heavy atom. The lowest BCUT2D eigenvalue weighted by Crippen LogP contribution is -2.05. The highest BCUT2D eigenvalue weighted by Gasteiger charge is 2.14. The third kappa shape index (κ3) is 3.18. The first-order chi connectivity index (χ1) is 11.6. The standard InChI is InChI=1S/C20H22N4/c1-13-9-7-10-17(13)15(3)22-19-12-21-24-20(19)16(4)23-18-11-6-5-8-14(18)2/h5-9,11-12,22-23H,3-4,10H2,1-2H3,(H,21,24). The second-order valence-electron chi connectivity index (χ2n) is 5.95. The molecule has 0 saturated heterocycles. The number of para-hydroxylation sites is 1. The number of aromatic amines is 1. The largest absolute Gasteiger partial charge is 0.354 e. The van der Waals surface area contributed by atoms with Gasteiger partial charge in [-0.2, -0.15) is 5.10 Å². The molecular weight excluding hydrogens is 296 g/mol. The fraction of sp³-hybridized carbons (Fsp3) is 0.150. The summed E-state index contributed by atoms with van der Waals surface area (Å²) in [6.07, 6.45) is 6.93. The SMILES string of the molecule is C=C(Nc1cn[nH]c1C(=C)Nc1ccccc1C)C1=C(C)C=CC1. The summed E-state index contributed by atoms with van der Waals surface area (Å²) in [6, 6.07) is 8.11. The van der Waals surface area contributed by atoms with Gasteiger partial charge in [0.1, 0.15) is 5.69 Å². The normalized spacial score (nSPS) is 13.2. The summed E-state index contributed by atoms with van der Waals surface area (Å²) < 4.78 is 0. The first-order valence-corrected chi connectivity index (χ1v) is 7.94. The van der Waals surface area contributed by atoms with E-state index in [1.54, 1.807) is 6.20 Å². The van der Waals surface area contributed by atoms with Crippen LogP contribution in [0.4, 0.5) is 11.4 Å². The number of nitrogens with one attached hydrogen (secondary N) is 3. The molecule has 1 aliphatic rings. The van der Waals surface area contributed by atoms with E-state index in [1.165, 1.54) is 11.1 Å². The van der Waals surface area contributed by atoms with Crippen LogP contribution in [-0.4, -0.2) is 10.2 Å². The van der Waals surface area contributed by atoms with Crippen molar-refractivity contribution in [2.75, 3.05) is 10.6 Å². The van der Waals surface area contributed by atoms with Crippen molar-refractivity contribution in [3.05, 3.63) is 83.9 Å². The van der Waals surface area contributed by atoms with Crippen LogP contribution < -0.4 is 10.6 Å². The van der Waals surface area contributed by atoms with Crippen LogP contribution in [0, 0.1) is 6.92 Å². The third-order valence-corrected chi connectivity index (χ3v) is 4.19. The zero-order valence-electron chi connectivity index (χ0n) is 14.1. The van der Waals surface area contributed by atoms with Gasteiger partial charge in [-0.05, 0) is 43.0 Å². The van der Waals surface area contributed by atoms with Gasteiger partial charge >= 0.3 is 0 Å². The van der Waals surface area contributed by atoms with Gasteiger partial charge in [0.15, 0.2) is 0 Å². The number of aryl methyl sites for hydroxylation is 1. The Labute approximate surface area is 142 Å². The molecule has 2 aromatic rings. The topological polar surface area (TPSA) is 52.7 Å². The van der Waals surface area contributed by atoms with E-state index < -0.39 is 0 Å². The number of rotatable bonds is 6. The Morgan fingerprint density at radius 1 is 1.08 bits per heavy atom. The van der Waals surface area contributed by atoms with Gasteiger partial charge in [-0.25, -0.2) is 0 Å². The Morgan fingerprint density at radius 2 is 1.83 bits per heavy atom. The van der Waals surface area contributed by atoms with E-state index in [2.05, 4.69) is 66.1 Å². The number of hydrogen-bond acceptors (Lipinski definition) is 3. The predicted molar refractivity (Wildman–Crippen MR) is 102 cm³/mol. The number of benzene rings is 1. The summed E-state index contributed by atoms with van der Waals surface area (Å²) >= 11 is 0. The summed E-state index contributed by atoms with van der Waals surface area (Å²) in [5.41, 5.74) is 7.99. The van der Waals surface area contributed by atoms with Gasteiger partial charge in [-0.3, -0.25) is 5.10 Å². The number of aromatic nitrogens is 2. The molecule has 0 spiro atoms. The Balaban J connectivity index is 1.76. The zero-order chi connectivity index (χ0) is 17.1. The lowest BCUT2D eigenvalue weighted by molar-refractivity contribution is 1.07. The van der Waals surface area contributed by atoms with Gasteiger partial charge in [-0.1, -0.05) is 43.5 Å². The van der Waals surface area contributed by atoms with Gasteiger partial charge in [0.2, 0.25) is 0 Å². The highest BCUT2D eigenvalue weighted by atomic mass is 15.2. The molecule has 0 bridgehead atoms. The molecule has 4 nitrogen and oxygen atoms in total. The van der Waals surface area contributed by atoms with Gasteiger partial charge < -0.3 is 10.6 Å². The van der Waals surface area contributed by atoms with Crippen LogP contribution in [0.1, 0.15) is 24.6 Å². The van der Waals surface area contributed by atoms with Crippen LogP contribution >= 0.6 is 0 Å². The molecule has 0 unspecified atom stereocenters. The molecule has 0 radical (unpaired) electrons. The number of hydrogen-bond donors (Lipinski definition) is 3. The van der Waals surface area contributed by atoms with Crippen LogP contribution in [-0.2, 0) is 0 Å². The summed E-state index contributed by atoms with van der Waals surface area (Å²) in [5, 5.41) is 13.9. The molecule has 1 aliphatic carbocycles. The summed E-state index contributed by atoms with van der Waals surface area (Å²) in [5.74, 6) is 0. The molecule has 0 saturated carbocycles. The lowest BCUT2D eigenvalue weighted by Gasteiger charge is -2.15. The van der Waals surface area contributed by atoms with Crippen molar-refractivity contribution in [3.63, 3.8) is 0 Å². The monoisotopic (exact) mass is 318 g/mol. The molecule has 0 aliphatic heterocycles. The highest BCUT2D eigenvalue weighted by Crippen LogP contribution is 2.29. The van der Waals surface area contributed by atoms with Crippen LogP contribution in [0.5, 0.6) is 0 Å². The van der Waals surface area contributed by atoms with E-state index in [4.69, 9.17) is 0 Å². The van der Waals surface area contributed by atoms with Crippen molar-refractivity contribution in [1.82, 2.24) is 10.2 Å². The highest BCUT2D eigenvalue weighted by molar-refractivity contribution is 5.81. The van der Waals surface area contributed by atoms with Crippen LogP contribution in [0.3, 0.4) is 0 Å². The molecule has 122 valence electrons. The summed E-state index contributed by atoms with van der Waals surface area (Å²) in [6.45, 7) is 12.5. The van der Waals surface area contributed by atoms with E-state index in [0.717, 1.165) is 40.4 Å². The summed E-state index contributed by atoms with van der Waals surface area (Å²) in [4.78, 5) is 0. The molecule has 0 fully saturated rings. The quantitative estimate of drug-likeness (QED) is 0.702. The van der Waals surface area contributed by atoms with Crippen molar-refractivity contribution >= 4 is 17.1 Å². The molecule has 3 rings (SSSR count). The van der Waals surface area contributed by atoms with Crippen molar-refractivity contribution in [3.8, 4) is 0 Å². The number of anilines is 2. The van der Waals surface area contributed by atoms with E-state index >= 15 is 0 Å². The second kappa shape index (κ2) is 6.62. The van der Waals surface area contributed by atoms with Crippen LogP contribution in [0.15, 0.2) is 72.6 Å². The maximum Gasteiger partial charge on any atom is 0.104 e. The molecule has 4 heteroatoms. The molecule has 3 N–H and O–H groups in total. The minimum atomic E-state index is 0.757. The maximum absolute atomic E-state index is 4.16. The van der Waals surface area contributed by atoms with Gasteiger partial charge in [0.25, 0.3) is 0 Å². The number of allylic oxidation sites excluding steroid dienone is 4. The van der Waals surface area contributed by atoms with Crippen molar-refractivity contribution in [2.45, 2.75) is 20.3 Å². The average Bonchev–Trinajstić information content (AvgIpc) is 3.18. The smallest absolute Gasteiger partial charge is 0.104 e. The van der Waals surface area contributed by atoms with E-state index in [9.17, 15) is 0 Å². The lowest BCUT2D eigenvalue weighted by atomic mass is 10.1. The van der Waals surface area contributed by atoms with E-state index in [-0.39, 0.29) is 0 Å². The molecule has 24 heavy (non-hydrogen) atoms. The minimum absolute atomic E-state index is 0.757. The van der Waals surface area contributed by atoms with Crippen LogP contribution in [0.2, 0.25) is 0 Å². The van der Waals surface area contributed by atoms with E-state index in [0.29, 0.717) is 0 Å². The molecule has 0 atom stereocenters. The van der Waals surface area contributed by atoms with Gasteiger partial charge in [0, 0.05) is 11.4 Å². The molecule has 0 amide bonds. The second-order valence-corrected chi connectivity index (χ2v) is 5.95. The Kier molecular flexibility index (Phi) is 4.38. The van der Waals surface area contributed by atoms with Gasteiger partial charge in [0.05, 0.1) is 17.6 Å². The molecular formula is C20H22N4. The third-order valence-electron chi connectivity index (χ3n) is 4.19. The number of H-pyrrole nitrogens is 1. The first-order valence-electron chi connectivity index (χ1n) is 7.94. The maximum atomic E-state index is 4.16. The van der Waals surface area contributed by atoms with Crippen molar-refractivity contribution in [2.24, 2.45) is 0 Å².